The number of amides is 2. The van der Waals surface area contributed by atoms with Gasteiger partial charge in [0, 0.05) is 5.56 Å². The lowest BCUT2D eigenvalue weighted by molar-refractivity contribution is -0.123. The average molecular weight is 356 g/mol. The Morgan fingerprint density at radius 2 is 1.79 bits per heavy atom. The molecule has 1 saturated heterocycles. The van der Waals surface area contributed by atoms with Crippen molar-refractivity contribution >= 4 is 46.2 Å². The number of rotatable bonds is 3. The topological polar surface area (TPSA) is 69.6 Å². The third-order valence-electron chi connectivity index (χ3n) is 3.23. The fraction of sp³-hybridized carbons (Fsp3) is 0. The van der Waals surface area contributed by atoms with Crippen LogP contribution in [0.3, 0.4) is 0 Å². The summed E-state index contributed by atoms with van der Waals surface area (Å²) in [5, 5.41) is 10.3. The highest BCUT2D eigenvalue weighted by Gasteiger charge is 2.33. The number of nitrogens with zero attached hydrogens (tertiary/aromatic N) is 1. The molecule has 1 fully saturated rings. The smallest absolute Gasteiger partial charge is 0.285 e. The Morgan fingerprint density at radius 3 is 2.46 bits per heavy atom. The van der Waals surface area contributed by atoms with Crippen LogP contribution in [0.4, 0.5) is 0 Å². The molecule has 2 N–H and O–H groups in total. The molecule has 120 valence electrons. The maximum atomic E-state index is 12.4. The number of aromatic hydroxyl groups is 1. The molecule has 3 rings (SSSR count). The molecule has 1 aliphatic heterocycles. The average Bonchev–Trinajstić information content (AvgIpc) is 2.84. The molecule has 0 atom stereocenters. The van der Waals surface area contributed by atoms with Gasteiger partial charge < -0.3 is 5.11 Å². The highest BCUT2D eigenvalue weighted by atomic mass is 32.2. The third-order valence-corrected chi connectivity index (χ3v) is 4.54. The number of carbonyl (C=O) groups excluding carboxylic acids is 2. The summed E-state index contributed by atoms with van der Waals surface area (Å²) in [6, 6.07) is 15.1. The van der Waals surface area contributed by atoms with Crippen molar-refractivity contribution in [2.24, 2.45) is 0 Å². The summed E-state index contributed by atoms with van der Waals surface area (Å²) in [6.07, 6.45) is 1.73. The van der Waals surface area contributed by atoms with Crippen LogP contribution in [0.2, 0.25) is 0 Å². The molecule has 0 aliphatic carbocycles. The molecule has 5 nitrogen and oxygen atoms in total. The van der Waals surface area contributed by atoms with E-state index in [-0.39, 0.29) is 16.0 Å². The second-order valence-electron chi connectivity index (χ2n) is 4.92. The van der Waals surface area contributed by atoms with Crippen molar-refractivity contribution in [2.45, 2.75) is 0 Å². The van der Waals surface area contributed by atoms with E-state index in [1.165, 1.54) is 24.3 Å². The predicted octanol–water partition coefficient (Wildman–Crippen LogP) is 2.94. The van der Waals surface area contributed by atoms with Gasteiger partial charge >= 0.3 is 0 Å². The molecular weight excluding hydrogens is 344 g/mol. The van der Waals surface area contributed by atoms with Crippen molar-refractivity contribution in [1.82, 2.24) is 10.4 Å². The first-order chi connectivity index (χ1) is 11.5. The van der Waals surface area contributed by atoms with E-state index in [2.05, 4.69) is 5.43 Å². The van der Waals surface area contributed by atoms with Crippen molar-refractivity contribution in [2.75, 3.05) is 0 Å². The van der Waals surface area contributed by atoms with Crippen LogP contribution in [-0.2, 0) is 4.79 Å². The van der Waals surface area contributed by atoms with Gasteiger partial charge in [-0.25, -0.2) is 0 Å². The summed E-state index contributed by atoms with van der Waals surface area (Å²) in [5.41, 5.74) is 3.68. The van der Waals surface area contributed by atoms with Gasteiger partial charge in [0.15, 0.2) is 4.32 Å². The van der Waals surface area contributed by atoms with Crippen molar-refractivity contribution in [3.63, 3.8) is 0 Å². The number of hydrogen-bond acceptors (Lipinski definition) is 5. The summed E-state index contributed by atoms with van der Waals surface area (Å²) < 4.78 is 0.259. The van der Waals surface area contributed by atoms with E-state index in [9.17, 15) is 14.7 Å². The molecule has 1 heterocycles. The Bertz CT molecular complexity index is 833. The largest absolute Gasteiger partial charge is 0.508 e. The molecule has 0 spiro atoms. The van der Waals surface area contributed by atoms with E-state index in [1.54, 1.807) is 6.08 Å². The molecule has 7 heteroatoms. The van der Waals surface area contributed by atoms with Gasteiger partial charge in [-0.15, -0.1) is 0 Å². The maximum absolute atomic E-state index is 12.4. The second kappa shape index (κ2) is 6.86. The lowest BCUT2D eigenvalue weighted by atomic mass is 10.2. The molecule has 0 radical (unpaired) electrons. The number of carbonyl (C=O) groups is 2. The molecule has 0 aromatic heterocycles. The molecule has 0 saturated carbocycles. The van der Waals surface area contributed by atoms with Gasteiger partial charge in [0.25, 0.3) is 11.8 Å². The zero-order valence-corrected chi connectivity index (χ0v) is 13.9. The predicted molar refractivity (Wildman–Crippen MR) is 97.0 cm³/mol. The summed E-state index contributed by atoms with van der Waals surface area (Å²) in [5.74, 6) is -0.795. The Labute approximate surface area is 147 Å². The molecule has 2 amide bonds. The first-order valence-corrected chi connectivity index (χ1v) is 8.20. The summed E-state index contributed by atoms with van der Waals surface area (Å²) in [4.78, 5) is 25.1. The van der Waals surface area contributed by atoms with Gasteiger partial charge in [0.05, 0.1) is 4.91 Å². The lowest BCUT2D eigenvalue weighted by Crippen LogP contribution is -2.44. The standard InChI is InChI=1S/C17H12N2O3S2/c20-13-8-6-12(7-9-13)15(21)18-19-16(22)14(24-17(19)23)10-11-4-2-1-3-5-11/h1-10,20H,(H,18,21). The van der Waals surface area contributed by atoms with Gasteiger partial charge in [-0.2, -0.15) is 5.01 Å². The molecule has 0 unspecified atom stereocenters. The number of thioether (sulfide) groups is 1. The fourth-order valence-corrected chi connectivity index (χ4v) is 3.22. The number of benzene rings is 2. The number of phenolic OH excluding ortho intramolecular Hbond substituents is 1. The van der Waals surface area contributed by atoms with Crippen LogP contribution in [0.1, 0.15) is 15.9 Å². The fourth-order valence-electron chi connectivity index (χ4n) is 2.04. The normalized spacial score (nSPS) is 15.8. The van der Waals surface area contributed by atoms with Gasteiger partial charge in [0.2, 0.25) is 0 Å². The Hall–Kier alpha value is -2.64. The molecule has 24 heavy (non-hydrogen) atoms. The number of thiocarbonyl (C=S) groups is 1. The number of nitrogens with one attached hydrogen (secondary N) is 1. The SMILES string of the molecule is O=C(NN1C(=O)C(=Cc2ccccc2)SC1=S)c1ccc(O)cc1. The first-order valence-electron chi connectivity index (χ1n) is 6.97. The van der Waals surface area contributed by atoms with Crippen LogP contribution in [0.15, 0.2) is 59.5 Å². The van der Waals surface area contributed by atoms with Crippen LogP contribution in [0.5, 0.6) is 5.75 Å². The number of hydrazine groups is 1. The van der Waals surface area contributed by atoms with E-state index in [1.807, 2.05) is 30.3 Å². The van der Waals surface area contributed by atoms with Crippen molar-refractivity contribution < 1.29 is 14.7 Å². The van der Waals surface area contributed by atoms with Crippen LogP contribution in [0, 0.1) is 0 Å². The van der Waals surface area contributed by atoms with Crippen LogP contribution in [0.25, 0.3) is 6.08 Å². The summed E-state index contributed by atoms with van der Waals surface area (Å²) in [6.45, 7) is 0. The molecule has 0 bridgehead atoms. The zero-order valence-electron chi connectivity index (χ0n) is 12.3. The highest BCUT2D eigenvalue weighted by molar-refractivity contribution is 8.26. The van der Waals surface area contributed by atoms with Gasteiger partial charge in [0.1, 0.15) is 5.75 Å². The van der Waals surface area contributed by atoms with E-state index >= 15 is 0 Å². The monoisotopic (exact) mass is 356 g/mol. The summed E-state index contributed by atoms with van der Waals surface area (Å²) >= 11 is 6.30. The minimum atomic E-state index is -0.479. The quantitative estimate of drug-likeness (QED) is 0.654. The van der Waals surface area contributed by atoms with Gasteiger partial charge in [-0.1, -0.05) is 42.1 Å². The van der Waals surface area contributed by atoms with Gasteiger partial charge in [-0.3, -0.25) is 15.0 Å². The first kappa shape index (κ1) is 16.2. The van der Waals surface area contributed by atoms with Crippen molar-refractivity contribution in [3.8, 4) is 5.75 Å². The Balaban J connectivity index is 1.76. The van der Waals surface area contributed by atoms with Gasteiger partial charge in [-0.05, 0) is 48.1 Å². The van der Waals surface area contributed by atoms with Crippen molar-refractivity contribution in [1.29, 1.82) is 0 Å². The lowest BCUT2D eigenvalue weighted by Gasteiger charge is -2.15. The van der Waals surface area contributed by atoms with E-state index in [4.69, 9.17) is 12.2 Å². The Kier molecular flexibility index (Phi) is 4.64. The molecule has 2 aromatic rings. The number of hydrogen-bond donors (Lipinski definition) is 2. The van der Waals surface area contributed by atoms with E-state index < -0.39 is 5.91 Å². The van der Waals surface area contributed by atoms with Crippen LogP contribution >= 0.6 is 24.0 Å². The zero-order chi connectivity index (χ0) is 17.1. The second-order valence-corrected chi connectivity index (χ2v) is 6.59. The Morgan fingerprint density at radius 1 is 1.12 bits per heavy atom. The minimum Gasteiger partial charge on any atom is -0.508 e. The van der Waals surface area contributed by atoms with Crippen LogP contribution < -0.4 is 5.43 Å². The van der Waals surface area contributed by atoms with E-state index in [0.29, 0.717) is 10.5 Å². The van der Waals surface area contributed by atoms with E-state index in [0.717, 1.165) is 22.3 Å². The molecule has 2 aromatic carbocycles. The summed E-state index contributed by atoms with van der Waals surface area (Å²) in [7, 11) is 0. The maximum Gasteiger partial charge on any atom is 0.285 e. The highest BCUT2D eigenvalue weighted by Crippen LogP contribution is 2.31. The van der Waals surface area contributed by atoms with Crippen molar-refractivity contribution in [3.05, 3.63) is 70.6 Å². The number of phenols is 1. The third kappa shape index (κ3) is 3.47. The van der Waals surface area contributed by atoms with Crippen LogP contribution in [-0.4, -0.2) is 26.3 Å². The minimum absolute atomic E-state index is 0.0583. The molecular formula is C17H12N2O3S2. The molecule has 1 aliphatic rings.